The van der Waals surface area contributed by atoms with Crippen molar-refractivity contribution in [1.82, 2.24) is 9.78 Å². The predicted molar refractivity (Wildman–Crippen MR) is 85.1 cm³/mol. The van der Waals surface area contributed by atoms with Crippen LogP contribution in [0.3, 0.4) is 0 Å². The van der Waals surface area contributed by atoms with Crippen LogP contribution in [0.25, 0.3) is 0 Å². The number of fused-ring (bicyclic) bond motifs is 2. The Morgan fingerprint density at radius 2 is 2.14 bits per heavy atom. The maximum atomic E-state index is 11.6. The summed E-state index contributed by atoms with van der Waals surface area (Å²) in [5.74, 6) is 0.657. The van der Waals surface area contributed by atoms with Crippen molar-refractivity contribution >= 4 is 0 Å². The lowest BCUT2D eigenvalue weighted by Gasteiger charge is -2.50. The van der Waals surface area contributed by atoms with Crippen molar-refractivity contribution in [3.63, 3.8) is 0 Å². The van der Waals surface area contributed by atoms with Gasteiger partial charge in [0, 0.05) is 18.7 Å². The Labute approximate surface area is 128 Å². The number of nitrogens with zero attached hydrogens (tertiary/aromatic N) is 2. The second kappa shape index (κ2) is 4.58. The first-order valence-corrected chi connectivity index (χ1v) is 8.50. The third-order valence-corrected chi connectivity index (χ3v) is 6.97. The van der Waals surface area contributed by atoms with E-state index in [1.165, 1.54) is 12.8 Å². The molecular formula is C18H30N2O. The van der Waals surface area contributed by atoms with Gasteiger partial charge in [-0.1, -0.05) is 27.7 Å². The zero-order valence-electron chi connectivity index (χ0n) is 14.2. The van der Waals surface area contributed by atoms with Gasteiger partial charge in [0.1, 0.15) is 0 Å². The standard InChI is InChI=1S/C18H30N2O/c1-6-13(2)20-10-8-15(19-20)12-18(21)16(3,4)14-7-9-17(18,5)11-14/h8,10,13-14,21H,6-7,9,11-12H2,1-5H3. The van der Waals surface area contributed by atoms with Crippen LogP contribution in [-0.4, -0.2) is 20.5 Å². The highest BCUT2D eigenvalue weighted by molar-refractivity contribution is 5.21. The van der Waals surface area contributed by atoms with Crippen molar-refractivity contribution in [3.8, 4) is 0 Å². The van der Waals surface area contributed by atoms with Crippen molar-refractivity contribution in [3.05, 3.63) is 18.0 Å². The van der Waals surface area contributed by atoms with Crippen LogP contribution >= 0.6 is 0 Å². The number of hydrogen-bond acceptors (Lipinski definition) is 2. The van der Waals surface area contributed by atoms with Crippen molar-refractivity contribution in [2.75, 3.05) is 0 Å². The van der Waals surface area contributed by atoms with Gasteiger partial charge in [-0.2, -0.15) is 5.10 Å². The van der Waals surface area contributed by atoms with E-state index in [2.05, 4.69) is 46.9 Å². The number of aliphatic hydroxyl groups is 1. The quantitative estimate of drug-likeness (QED) is 0.911. The molecule has 21 heavy (non-hydrogen) atoms. The van der Waals surface area contributed by atoms with Crippen molar-refractivity contribution < 1.29 is 5.11 Å². The molecule has 2 bridgehead atoms. The molecule has 0 saturated heterocycles. The van der Waals surface area contributed by atoms with Gasteiger partial charge >= 0.3 is 0 Å². The second-order valence-corrected chi connectivity index (χ2v) is 8.30. The van der Waals surface area contributed by atoms with Gasteiger partial charge in [-0.05, 0) is 55.4 Å². The zero-order chi connectivity index (χ0) is 15.5. The average Bonchev–Trinajstić information content (AvgIpc) is 3.07. The monoisotopic (exact) mass is 290 g/mol. The van der Waals surface area contributed by atoms with Crippen molar-refractivity contribution in [2.24, 2.45) is 16.7 Å². The Morgan fingerprint density at radius 1 is 1.43 bits per heavy atom. The second-order valence-electron chi connectivity index (χ2n) is 8.30. The highest BCUT2D eigenvalue weighted by atomic mass is 16.3. The number of aromatic nitrogens is 2. The Bertz CT molecular complexity index is 528. The van der Waals surface area contributed by atoms with Gasteiger partial charge in [0.2, 0.25) is 0 Å². The minimum Gasteiger partial charge on any atom is -0.388 e. The topological polar surface area (TPSA) is 38.0 Å². The van der Waals surface area contributed by atoms with E-state index in [-0.39, 0.29) is 10.8 Å². The van der Waals surface area contributed by atoms with Crippen LogP contribution in [0.2, 0.25) is 0 Å². The normalized spacial score (nSPS) is 38.9. The molecule has 4 atom stereocenters. The number of hydrogen-bond donors (Lipinski definition) is 1. The predicted octanol–water partition coefficient (Wildman–Crippen LogP) is 3.97. The minimum absolute atomic E-state index is 0.0137. The molecule has 0 amide bonds. The summed E-state index contributed by atoms with van der Waals surface area (Å²) in [6.45, 7) is 11.2. The zero-order valence-corrected chi connectivity index (χ0v) is 14.2. The Morgan fingerprint density at radius 3 is 2.71 bits per heavy atom. The average molecular weight is 290 g/mol. The first kappa shape index (κ1) is 15.1. The molecule has 1 aromatic rings. The molecule has 0 spiro atoms. The van der Waals surface area contributed by atoms with Gasteiger partial charge in [0.05, 0.1) is 11.3 Å². The summed E-state index contributed by atoms with van der Waals surface area (Å²) in [4.78, 5) is 0. The lowest BCUT2D eigenvalue weighted by Crippen LogP contribution is -2.55. The molecular weight excluding hydrogens is 260 g/mol. The molecule has 0 aliphatic heterocycles. The largest absolute Gasteiger partial charge is 0.388 e. The Hall–Kier alpha value is -0.830. The third-order valence-electron chi connectivity index (χ3n) is 6.97. The molecule has 3 nitrogen and oxygen atoms in total. The van der Waals surface area contributed by atoms with Gasteiger partial charge in [-0.3, -0.25) is 4.68 Å². The fourth-order valence-electron chi connectivity index (χ4n) is 4.96. The van der Waals surface area contributed by atoms with E-state index in [1.807, 2.05) is 4.68 Å². The summed E-state index contributed by atoms with van der Waals surface area (Å²) in [5.41, 5.74) is 0.457. The molecule has 2 saturated carbocycles. The fraction of sp³-hybridized carbons (Fsp3) is 0.833. The lowest BCUT2D eigenvalue weighted by molar-refractivity contribution is -0.142. The van der Waals surface area contributed by atoms with E-state index in [1.54, 1.807) is 0 Å². The maximum absolute atomic E-state index is 11.6. The van der Waals surface area contributed by atoms with Gasteiger partial charge < -0.3 is 5.11 Å². The van der Waals surface area contributed by atoms with Gasteiger partial charge in [-0.15, -0.1) is 0 Å². The molecule has 118 valence electrons. The Balaban J connectivity index is 1.88. The SMILES string of the molecule is CCC(C)n1ccc(CC2(O)C3(C)CCC(C3)C2(C)C)n1. The Kier molecular flexibility index (Phi) is 3.29. The lowest BCUT2D eigenvalue weighted by atomic mass is 9.59. The van der Waals surface area contributed by atoms with E-state index in [0.717, 1.165) is 18.5 Å². The van der Waals surface area contributed by atoms with Crippen LogP contribution in [0.5, 0.6) is 0 Å². The molecule has 0 aromatic carbocycles. The van der Waals surface area contributed by atoms with Crippen molar-refractivity contribution in [1.29, 1.82) is 0 Å². The first-order chi connectivity index (χ1) is 9.73. The van der Waals surface area contributed by atoms with Crippen LogP contribution in [0.4, 0.5) is 0 Å². The molecule has 4 unspecified atom stereocenters. The van der Waals surface area contributed by atoms with Gasteiger partial charge in [-0.25, -0.2) is 0 Å². The van der Waals surface area contributed by atoms with Crippen LogP contribution < -0.4 is 0 Å². The highest BCUT2D eigenvalue weighted by Gasteiger charge is 2.68. The van der Waals surface area contributed by atoms with Crippen molar-refractivity contribution in [2.45, 2.75) is 78.4 Å². The molecule has 1 aromatic heterocycles. The van der Waals surface area contributed by atoms with Crippen LogP contribution in [-0.2, 0) is 6.42 Å². The summed E-state index contributed by atoms with van der Waals surface area (Å²) in [5, 5.41) is 16.3. The maximum Gasteiger partial charge on any atom is 0.0810 e. The van der Waals surface area contributed by atoms with E-state index in [9.17, 15) is 5.11 Å². The van der Waals surface area contributed by atoms with E-state index >= 15 is 0 Å². The highest BCUT2D eigenvalue weighted by Crippen LogP contribution is 2.68. The molecule has 2 aliphatic rings. The summed E-state index contributed by atoms with van der Waals surface area (Å²) in [6, 6.07) is 2.52. The van der Waals surface area contributed by atoms with Crippen LogP contribution in [0, 0.1) is 16.7 Å². The summed E-state index contributed by atoms with van der Waals surface area (Å²) < 4.78 is 2.04. The summed E-state index contributed by atoms with van der Waals surface area (Å²) in [7, 11) is 0. The molecule has 2 aliphatic carbocycles. The summed E-state index contributed by atoms with van der Waals surface area (Å²) in [6.07, 6.45) is 7.43. The molecule has 3 rings (SSSR count). The fourth-order valence-corrected chi connectivity index (χ4v) is 4.96. The summed E-state index contributed by atoms with van der Waals surface area (Å²) >= 11 is 0. The van der Waals surface area contributed by atoms with E-state index in [4.69, 9.17) is 5.10 Å². The third kappa shape index (κ3) is 1.93. The van der Waals surface area contributed by atoms with E-state index in [0.29, 0.717) is 18.4 Å². The van der Waals surface area contributed by atoms with Gasteiger partial charge in [0.25, 0.3) is 0 Å². The van der Waals surface area contributed by atoms with Crippen LogP contribution in [0.15, 0.2) is 12.3 Å². The van der Waals surface area contributed by atoms with Crippen LogP contribution in [0.1, 0.15) is 72.0 Å². The molecule has 1 heterocycles. The molecule has 3 heteroatoms. The van der Waals surface area contributed by atoms with Gasteiger partial charge in [0.15, 0.2) is 0 Å². The first-order valence-electron chi connectivity index (χ1n) is 8.50. The van der Waals surface area contributed by atoms with E-state index < -0.39 is 5.60 Å². The molecule has 2 fully saturated rings. The number of rotatable bonds is 4. The smallest absolute Gasteiger partial charge is 0.0810 e. The minimum atomic E-state index is -0.627. The molecule has 1 N–H and O–H groups in total. The molecule has 0 radical (unpaired) electrons.